The maximum Gasteiger partial charge on any atom is 0.280 e. The zero-order valence-electron chi connectivity index (χ0n) is 23.4. The lowest BCUT2D eigenvalue weighted by atomic mass is 9.77. The number of ether oxygens (including phenoxy) is 2. The molecular weight excluding hydrogens is 569 g/mol. The van der Waals surface area contributed by atoms with E-state index in [0.29, 0.717) is 5.75 Å². The number of nitrogens with zero attached hydrogens (tertiary/aromatic N) is 3. The highest BCUT2D eigenvalue weighted by molar-refractivity contribution is 5.72. The number of aromatic nitrogens is 4. The van der Waals surface area contributed by atoms with Gasteiger partial charge >= 0.3 is 0 Å². The number of halogens is 1. The number of aromatic amines is 1. The number of H-pyrrole nitrogens is 1. The highest BCUT2D eigenvalue weighted by Crippen LogP contribution is 2.46. The fourth-order valence-electron chi connectivity index (χ4n) is 5.61. The van der Waals surface area contributed by atoms with Gasteiger partial charge in [-0.15, -0.1) is 6.42 Å². The average molecular weight is 598 g/mol. The average Bonchev–Trinajstić information content (AvgIpc) is 3.58. The molecule has 5 N–H and O–H groups in total. The zero-order chi connectivity index (χ0) is 31.1. The van der Waals surface area contributed by atoms with Crippen LogP contribution in [0.2, 0.25) is 0 Å². The smallest absolute Gasteiger partial charge is 0.280 e. The second-order valence-corrected chi connectivity index (χ2v) is 10.4. The van der Waals surface area contributed by atoms with Crippen LogP contribution in [0.4, 0.5) is 10.3 Å². The van der Waals surface area contributed by atoms with Gasteiger partial charge in [-0.3, -0.25) is 14.3 Å². The lowest BCUT2D eigenvalue weighted by Crippen LogP contribution is -2.49. The van der Waals surface area contributed by atoms with E-state index in [-0.39, 0.29) is 17.1 Å². The van der Waals surface area contributed by atoms with E-state index in [1.165, 1.54) is 0 Å². The molecule has 11 nitrogen and oxygen atoms in total. The lowest BCUT2D eigenvalue weighted by molar-refractivity contribution is -0.206. The Labute approximate surface area is 250 Å². The summed E-state index contributed by atoms with van der Waals surface area (Å²) in [6, 6.07) is 26.5. The van der Waals surface area contributed by atoms with Gasteiger partial charge in [-0.1, -0.05) is 78.7 Å². The Kier molecular flexibility index (Phi) is 7.19. The Morgan fingerprint density at radius 2 is 1.68 bits per heavy atom. The molecular formula is C32H28FN5O6. The van der Waals surface area contributed by atoms with E-state index in [9.17, 15) is 20.1 Å². The van der Waals surface area contributed by atoms with Crippen molar-refractivity contribution >= 4 is 17.1 Å². The number of fused-ring (bicyclic) bond motifs is 1. The van der Waals surface area contributed by atoms with E-state index in [1.807, 2.05) is 90.8 Å². The van der Waals surface area contributed by atoms with Gasteiger partial charge in [-0.25, -0.2) is 9.37 Å². The summed E-state index contributed by atoms with van der Waals surface area (Å²) < 4.78 is 26.9. The Morgan fingerprint density at radius 3 is 2.23 bits per heavy atom. The molecule has 224 valence electrons. The summed E-state index contributed by atoms with van der Waals surface area (Å²) in [6.45, 7) is -1.29. The number of aliphatic hydroxyl groups is 3. The lowest BCUT2D eigenvalue weighted by Gasteiger charge is -2.37. The molecule has 1 aliphatic rings. The van der Waals surface area contributed by atoms with Gasteiger partial charge in [0, 0.05) is 0 Å². The molecule has 3 aromatic carbocycles. The van der Waals surface area contributed by atoms with Crippen LogP contribution in [0.3, 0.4) is 0 Å². The number of imidazole rings is 1. The molecule has 1 aliphatic heterocycles. The predicted molar refractivity (Wildman–Crippen MR) is 158 cm³/mol. The van der Waals surface area contributed by atoms with Gasteiger partial charge in [0.1, 0.15) is 17.9 Å². The number of hydrogen-bond acceptors (Lipinski definition) is 9. The fourth-order valence-corrected chi connectivity index (χ4v) is 5.61. The molecule has 0 bridgehead atoms. The van der Waals surface area contributed by atoms with Crippen LogP contribution in [-0.4, -0.2) is 66.1 Å². The van der Waals surface area contributed by atoms with E-state index in [2.05, 4.69) is 20.3 Å². The van der Waals surface area contributed by atoms with Crippen molar-refractivity contribution in [1.29, 1.82) is 0 Å². The second kappa shape index (κ2) is 10.9. The van der Waals surface area contributed by atoms with Gasteiger partial charge in [-0.2, -0.15) is 4.98 Å². The Bertz CT molecular complexity index is 1850. The predicted octanol–water partition coefficient (Wildman–Crippen LogP) is 2.44. The van der Waals surface area contributed by atoms with Crippen LogP contribution < -0.4 is 15.6 Å². The molecule has 2 aromatic heterocycles. The molecule has 12 heteroatoms. The Morgan fingerprint density at radius 1 is 1.09 bits per heavy atom. The van der Waals surface area contributed by atoms with Gasteiger partial charge < -0.3 is 30.1 Å². The normalized spacial score (nSPS) is 23.4. The monoisotopic (exact) mass is 597 g/mol. The third-order valence-corrected chi connectivity index (χ3v) is 7.88. The van der Waals surface area contributed by atoms with Crippen molar-refractivity contribution in [1.82, 2.24) is 19.5 Å². The number of aliphatic hydroxyl groups excluding tert-OH is 2. The van der Waals surface area contributed by atoms with E-state index >= 15 is 4.39 Å². The van der Waals surface area contributed by atoms with Gasteiger partial charge in [-0.05, 0) is 28.8 Å². The van der Waals surface area contributed by atoms with Crippen LogP contribution in [0.5, 0.6) is 5.75 Å². The van der Waals surface area contributed by atoms with Crippen LogP contribution in [0.1, 0.15) is 22.9 Å². The largest absolute Gasteiger partial charge is 0.497 e. The van der Waals surface area contributed by atoms with Crippen molar-refractivity contribution in [2.75, 3.05) is 19.0 Å². The van der Waals surface area contributed by atoms with Gasteiger partial charge in [0.2, 0.25) is 11.5 Å². The topological polar surface area (TPSA) is 155 Å². The van der Waals surface area contributed by atoms with Crippen molar-refractivity contribution in [3.05, 3.63) is 118 Å². The van der Waals surface area contributed by atoms with Gasteiger partial charge in [0.15, 0.2) is 23.5 Å². The minimum absolute atomic E-state index is 0.00997. The molecule has 0 spiro atoms. The first-order chi connectivity index (χ1) is 21.2. The highest BCUT2D eigenvalue weighted by Gasteiger charge is 2.65. The molecule has 0 radical (unpaired) electrons. The molecule has 5 aromatic rings. The van der Waals surface area contributed by atoms with Gasteiger partial charge in [0.25, 0.3) is 11.4 Å². The SMILES string of the molecule is C#C[C@]1(O)[C@H](n2cnc3c(=O)[nH]c(NC(c4ccccc4)(c4ccccc4)c4ccc(OC)cc4)nc32)O[C@](F)(CO)[C@H]1O. The van der Waals surface area contributed by atoms with Crippen molar-refractivity contribution in [2.45, 2.75) is 29.3 Å². The van der Waals surface area contributed by atoms with E-state index in [4.69, 9.17) is 15.9 Å². The molecule has 3 heterocycles. The molecule has 0 saturated carbocycles. The highest BCUT2D eigenvalue weighted by atomic mass is 19.2. The van der Waals surface area contributed by atoms with Crippen LogP contribution in [0.15, 0.2) is 96.1 Å². The summed E-state index contributed by atoms with van der Waals surface area (Å²) in [7, 11) is 1.57. The summed E-state index contributed by atoms with van der Waals surface area (Å²) in [5.74, 6) is -0.488. The van der Waals surface area contributed by atoms with Crippen molar-refractivity contribution in [3.8, 4) is 18.1 Å². The zero-order valence-corrected chi connectivity index (χ0v) is 23.4. The number of methoxy groups -OCH3 is 1. The number of terminal acetylenes is 1. The maximum atomic E-state index is 15.2. The summed E-state index contributed by atoms with van der Waals surface area (Å²) in [5.41, 5.74) is -2.31. The number of alkyl halides is 1. The number of benzene rings is 3. The molecule has 6 rings (SSSR count). The third-order valence-electron chi connectivity index (χ3n) is 7.88. The first kappa shape index (κ1) is 29.0. The Balaban J connectivity index is 1.56. The summed E-state index contributed by atoms with van der Waals surface area (Å²) in [5, 5.41) is 34.6. The van der Waals surface area contributed by atoms with Crippen LogP contribution >= 0.6 is 0 Å². The molecule has 0 aliphatic carbocycles. The number of anilines is 1. The maximum absolute atomic E-state index is 15.2. The van der Waals surface area contributed by atoms with Crippen LogP contribution in [0.25, 0.3) is 11.2 Å². The van der Waals surface area contributed by atoms with E-state index in [0.717, 1.165) is 27.6 Å². The standard InChI is InChI=1S/C32H28FN5O6/c1-3-30(42)27(41)31(33,18-39)44-28(30)38-19-34-24-25(38)35-29(36-26(24)40)37-32(20-10-6-4-7-11-20,21-12-8-5-9-13-21)22-14-16-23(43-2)17-15-22/h1,4-17,19,27-28,39,41-42H,18H2,2H3,(H2,35,36,37,40)/t27-,28+,30+,31+/m0/s1. The Hall–Kier alpha value is -5.06. The van der Waals surface area contributed by atoms with Crippen molar-refractivity contribution < 1.29 is 29.2 Å². The van der Waals surface area contributed by atoms with Crippen molar-refractivity contribution in [3.63, 3.8) is 0 Å². The first-order valence-electron chi connectivity index (χ1n) is 13.6. The quantitative estimate of drug-likeness (QED) is 0.134. The molecule has 1 fully saturated rings. The minimum atomic E-state index is -3.09. The number of nitrogens with one attached hydrogen (secondary N) is 2. The number of hydrogen-bond donors (Lipinski definition) is 5. The summed E-state index contributed by atoms with van der Waals surface area (Å²) >= 11 is 0. The van der Waals surface area contributed by atoms with E-state index in [1.54, 1.807) is 7.11 Å². The molecule has 44 heavy (non-hydrogen) atoms. The van der Waals surface area contributed by atoms with Crippen LogP contribution in [0, 0.1) is 12.3 Å². The first-order valence-corrected chi connectivity index (χ1v) is 13.6. The van der Waals surface area contributed by atoms with Gasteiger partial charge in [0.05, 0.1) is 13.4 Å². The fraction of sp³-hybridized carbons (Fsp3) is 0.219. The summed E-state index contributed by atoms with van der Waals surface area (Å²) in [4.78, 5) is 24.8. The van der Waals surface area contributed by atoms with Crippen molar-refractivity contribution in [2.24, 2.45) is 0 Å². The number of rotatable bonds is 8. The van der Waals surface area contributed by atoms with Crippen LogP contribution in [-0.2, 0) is 10.3 Å². The molecule has 0 unspecified atom stereocenters. The molecule has 1 saturated heterocycles. The second-order valence-electron chi connectivity index (χ2n) is 10.4. The third kappa shape index (κ3) is 4.42. The van der Waals surface area contributed by atoms with E-state index < -0.39 is 41.5 Å². The molecule has 0 amide bonds. The summed E-state index contributed by atoms with van der Waals surface area (Å²) in [6.07, 6.45) is 2.48. The molecule has 4 atom stereocenters. The minimum Gasteiger partial charge on any atom is -0.497 e.